The largest absolute Gasteiger partial charge is 0.477 e. The highest BCUT2D eigenvalue weighted by atomic mass is 16.4. The first kappa shape index (κ1) is 20.0. The number of carboxylic acids is 1. The van der Waals surface area contributed by atoms with Crippen molar-refractivity contribution in [2.24, 2.45) is 11.8 Å². The van der Waals surface area contributed by atoms with E-state index in [0.29, 0.717) is 17.6 Å². The summed E-state index contributed by atoms with van der Waals surface area (Å²) in [6, 6.07) is 14.7. The molecule has 1 fully saturated rings. The van der Waals surface area contributed by atoms with Crippen LogP contribution in [0.2, 0.25) is 0 Å². The molecule has 2 aromatic rings. The van der Waals surface area contributed by atoms with E-state index < -0.39 is 5.97 Å². The second-order valence-electron chi connectivity index (χ2n) is 7.88. The first-order chi connectivity index (χ1) is 14.3. The number of aliphatic carboxylic acids is 1. The van der Waals surface area contributed by atoms with Crippen LogP contribution in [0.15, 0.2) is 54.2 Å². The highest BCUT2D eigenvalue weighted by Gasteiger charge is 2.58. The fraction of sp³-hybridized carbons (Fsp3) is 0.292. The van der Waals surface area contributed by atoms with Crippen molar-refractivity contribution in [3.8, 4) is 11.1 Å². The Morgan fingerprint density at radius 2 is 1.50 bits per heavy atom. The molecule has 0 aromatic heterocycles. The van der Waals surface area contributed by atoms with Crippen molar-refractivity contribution in [2.45, 2.75) is 26.3 Å². The van der Waals surface area contributed by atoms with E-state index in [-0.39, 0.29) is 41.9 Å². The SMILES string of the molecule is CC(=O)c1ccc(-c2ccc(C3=C(C(=O)O)N4C(=O)[C@@H](CCO)[C@H]4[C@H]3C)cc2)cc1. The molecule has 3 atom stereocenters. The number of carbonyl (C=O) groups is 3. The summed E-state index contributed by atoms with van der Waals surface area (Å²) in [5, 5.41) is 19.0. The zero-order chi connectivity index (χ0) is 21.6. The van der Waals surface area contributed by atoms with Gasteiger partial charge in [-0.3, -0.25) is 9.59 Å². The summed E-state index contributed by atoms with van der Waals surface area (Å²) >= 11 is 0. The maximum Gasteiger partial charge on any atom is 0.352 e. The molecule has 30 heavy (non-hydrogen) atoms. The van der Waals surface area contributed by atoms with Gasteiger partial charge in [0.1, 0.15) is 5.70 Å². The number of aliphatic hydroxyl groups is 1. The lowest BCUT2D eigenvalue weighted by Gasteiger charge is -2.45. The molecule has 1 amide bonds. The van der Waals surface area contributed by atoms with Gasteiger partial charge in [-0.2, -0.15) is 0 Å². The number of Topliss-reactive ketones (excluding diaryl/α,β-unsaturated/α-hetero) is 1. The lowest BCUT2D eigenvalue weighted by molar-refractivity contribution is -0.157. The lowest BCUT2D eigenvalue weighted by Crippen LogP contribution is -2.60. The second kappa shape index (κ2) is 7.54. The third-order valence-corrected chi connectivity index (χ3v) is 6.19. The molecule has 0 radical (unpaired) electrons. The van der Waals surface area contributed by atoms with Crippen LogP contribution in [0.25, 0.3) is 16.7 Å². The Balaban J connectivity index is 1.67. The van der Waals surface area contributed by atoms with Crippen LogP contribution in [0.4, 0.5) is 0 Å². The molecule has 2 aromatic carbocycles. The number of carbonyl (C=O) groups excluding carboxylic acids is 2. The summed E-state index contributed by atoms with van der Waals surface area (Å²) in [4.78, 5) is 37.3. The van der Waals surface area contributed by atoms with Crippen LogP contribution in [0.3, 0.4) is 0 Å². The molecule has 1 saturated heterocycles. The van der Waals surface area contributed by atoms with E-state index in [9.17, 15) is 24.6 Å². The van der Waals surface area contributed by atoms with Gasteiger partial charge in [-0.25, -0.2) is 4.79 Å². The van der Waals surface area contributed by atoms with E-state index in [4.69, 9.17) is 0 Å². The number of benzene rings is 2. The number of fused-ring (bicyclic) bond motifs is 1. The molecule has 2 aliphatic heterocycles. The van der Waals surface area contributed by atoms with Gasteiger partial charge in [-0.1, -0.05) is 55.5 Å². The first-order valence-corrected chi connectivity index (χ1v) is 9.98. The number of hydrogen-bond donors (Lipinski definition) is 2. The number of hydrogen-bond acceptors (Lipinski definition) is 4. The zero-order valence-electron chi connectivity index (χ0n) is 16.8. The van der Waals surface area contributed by atoms with Crippen molar-refractivity contribution in [1.82, 2.24) is 4.90 Å². The highest BCUT2D eigenvalue weighted by molar-refractivity contribution is 6.06. The van der Waals surface area contributed by atoms with Gasteiger partial charge < -0.3 is 15.1 Å². The molecule has 2 heterocycles. The number of nitrogens with zero attached hydrogens (tertiary/aromatic N) is 1. The molecule has 0 saturated carbocycles. The Hall–Kier alpha value is -3.25. The van der Waals surface area contributed by atoms with Gasteiger partial charge in [0.25, 0.3) is 0 Å². The Bertz CT molecular complexity index is 1050. The summed E-state index contributed by atoms with van der Waals surface area (Å²) in [7, 11) is 0. The van der Waals surface area contributed by atoms with E-state index in [1.165, 1.54) is 11.8 Å². The molecular formula is C24H23NO5. The van der Waals surface area contributed by atoms with Crippen LogP contribution in [-0.2, 0) is 9.59 Å². The van der Waals surface area contributed by atoms with Crippen LogP contribution in [0.1, 0.15) is 36.2 Å². The van der Waals surface area contributed by atoms with Crippen molar-refractivity contribution >= 4 is 23.2 Å². The Kier molecular flexibility index (Phi) is 5.03. The minimum Gasteiger partial charge on any atom is -0.477 e. The third-order valence-electron chi connectivity index (χ3n) is 6.19. The number of ketones is 1. The maximum atomic E-state index is 12.5. The zero-order valence-corrected chi connectivity index (χ0v) is 16.8. The van der Waals surface area contributed by atoms with Crippen molar-refractivity contribution in [1.29, 1.82) is 0 Å². The molecule has 0 aliphatic carbocycles. The van der Waals surface area contributed by atoms with E-state index in [0.717, 1.165) is 16.7 Å². The summed E-state index contributed by atoms with van der Waals surface area (Å²) < 4.78 is 0. The quantitative estimate of drug-likeness (QED) is 0.568. The number of aliphatic hydroxyl groups excluding tert-OH is 1. The predicted molar refractivity (Wildman–Crippen MR) is 111 cm³/mol. The van der Waals surface area contributed by atoms with Crippen molar-refractivity contribution in [3.63, 3.8) is 0 Å². The van der Waals surface area contributed by atoms with Gasteiger partial charge in [0.2, 0.25) is 5.91 Å². The Morgan fingerprint density at radius 3 is 2.00 bits per heavy atom. The maximum absolute atomic E-state index is 12.5. The topological polar surface area (TPSA) is 94.9 Å². The van der Waals surface area contributed by atoms with Crippen LogP contribution in [0.5, 0.6) is 0 Å². The second-order valence-corrected chi connectivity index (χ2v) is 7.88. The number of amides is 1. The summed E-state index contributed by atoms with van der Waals surface area (Å²) in [6.07, 6.45) is 0.347. The fourth-order valence-electron chi connectivity index (χ4n) is 4.71. The fourth-order valence-corrected chi connectivity index (χ4v) is 4.71. The van der Waals surface area contributed by atoms with Crippen molar-refractivity contribution in [2.75, 3.05) is 6.61 Å². The Labute approximate surface area is 174 Å². The predicted octanol–water partition coefficient (Wildman–Crippen LogP) is 3.21. The molecule has 2 N–H and O–H groups in total. The normalized spacial score (nSPS) is 22.7. The summed E-state index contributed by atoms with van der Waals surface area (Å²) in [5.74, 6) is -1.80. The van der Waals surface area contributed by atoms with Gasteiger partial charge in [0.05, 0.1) is 12.0 Å². The number of rotatable bonds is 6. The molecule has 6 heteroatoms. The van der Waals surface area contributed by atoms with E-state index in [1.54, 1.807) is 12.1 Å². The van der Waals surface area contributed by atoms with Gasteiger partial charge in [-0.15, -0.1) is 0 Å². The van der Waals surface area contributed by atoms with E-state index >= 15 is 0 Å². The van der Waals surface area contributed by atoms with Gasteiger partial charge in [0, 0.05) is 18.1 Å². The van der Waals surface area contributed by atoms with Crippen LogP contribution >= 0.6 is 0 Å². The molecule has 6 nitrogen and oxygen atoms in total. The average molecular weight is 405 g/mol. The van der Waals surface area contributed by atoms with Crippen molar-refractivity contribution < 1.29 is 24.6 Å². The summed E-state index contributed by atoms with van der Waals surface area (Å²) in [6.45, 7) is 3.37. The van der Waals surface area contributed by atoms with Gasteiger partial charge in [-0.05, 0) is 35.6 Å². The van der Waals surface area contributed by atoms with Crippen LogP contribution in [0, 0.1) is 11.8 Å². The molecule has 0 bridgehead atoms. The monoisotopic (exact) mass is 405 g/mol. The minimum absolute atomic E-state index is 0.0129. The molecule has 0 unspecified atom stereocenters. The Morgan fingerprint density at radius 1 is 0.967 bits per heavy atom. The molecule has 0 spiro atoms. The van der Waals surface area contributed by atoms with Gasteiger partial charge in [0.15, 0.2) is 5.78 Å². The molecule has 154 valence electrons. The molecule has 2 aliphatic rings. The van der Waals surface area contributed by atoms with Gasteiger partial charge >= 0.3 is 5.97 Å². The van der Waals surface area contributed by atoms with E-state index in [1.807, 2.05) is 43.3 Å². The number of carboxylic acid groups (broad SMARTS) is 1. The summed E-state index contributed by atoms with van der Waals surface area (Å²) in [5.41, 5.74) is 4.03. The van der Waals surface area contributed by atoms with Crippen LogP contribution in [-0.4, -0.2) is 45.4 Å². The van der Waals surface area contributed by atoms with Crippen LogP contribution < -0.4 is 0 Å². The molecule has 4 rings (SSSR count). The number of β-lactam (4-membered cyclic amide) rings is 1. The smallest absolute Gasteiger partial charge is 0.352 e. The minimum atomic E-state index is -1.11. The molecular weight excluding hydrogens is 382 g/mol. The highest BCUT2D eigenvalue weighted by Crippen LogP contribution is 2.50. The standard InChI is InChI=1S/C24H23NO5/c1-13-20(22(24(29)30)25-21(13)19(11-12-26)23(25)28)18-9-7-17(8-10-18)16-5-3-15(4-6-16)14(2)27/h3-10,13,19,21,26H,11-12H2,1-2H3,(H,29,30)/t13-,19-,21+/m0/s1. The van der Waals surface area contributed by atoms with E-state index in [2.05, 4.69) is 0 Å². The van der Waals surface area contributed by atoms with Crippen molar-refractivity contribution in [3.05, 3.63) is 65.4 Å². The average Bonchev–Trinajstić information content (AvgIpc) is 3.01. The first-order valence-electron chi connectivity index (χ1n) is 9.98. The third kappa shape index (κ3) is 3.04. The lowest BCUT2D eigenvalue weighted by atomic mass is 9.78.